The molecule has 0 saturated heterocycles. The van der Waals surface area contributed by atoms with Gasteiger partial charge in [0.2, 0.25) is 11.7 Å². The monoisotopic (exact) mass is 288 g/mol. The number of hydrogen-bond acceptors (Lipinski definition) is 4. The molecule has 2 aromatic rings. The van der Waals surface area contributed by atoms with E-state index in [0.29, 0.717) is 4.57 Å². The maximum Gasteiger partial charge on any atom is 0.387 e. The van der Waals surface area contributed by atoms with Crippen LogP contribution in [0.5, 0.6) is 11.6 Å². The summed E-state index contributed by atoms with van der Waals surface area (Å²) in [6.07, 6.45) is 0. The molecule has 1 aromatic heterocycles. The van der Waals surface area contributed by atoms with Gasteiger partial charge in [0.25, 0.3) is 5.56 Å². The molecule has 0 spiro atoms. The van der Waals surface area contributed by atoms with Crippen molar-refractivity contribution in [3.63, 3.8) is 0 Å². The Balaban J connectivity index is 2.73. The third kappa shape index (κ3) is 2.37. The standard InChI is InChI=1S/C11H7F3N2O4/c12-7-8(17)15-11(19)16(9(7)18)5-3-1-2-4-6(5)20-10(13)14/h1-4,10,18H,(H,15,17,19). The van der Waals surface area contributed by atoms with Crippen LogP contribution in [0.1, 0.15) is 0 Å². The topological polar surface area (TPSA) is 84.3 Å². The Morgan fingerprint density at radius 2 is 1.90 bits per heavy atom. The Morgan fingerprint density at radius 3 is 2.55 bits per heavy atom. The molecule has 106 valence electrons. The zero-order valence-electron chi connectivity index (χ0n) is 9.64. The van der Waals surface area contributed by atoms with E-state index in [1.165, 1.54) is 12.1 Å². The quantitative estimate of drug-likeness (QED) is 0.881. The molecule has 0 unspecified atom stereocenters. The van der Waals surface area contributed by atoms with E-state index in [4.69, 9.17) is 0 Å². The van der Waals surface area contributed by atoms with Gasteiger partial charge in [0.15, 0.2) is 0 Å². The highest BCUT2D eigenvalue weighted by Crippen LogP contribution is 2.26. The van der Waals surface area contributed by atoms with Crippen molar-refractivity contribution in [2.45, 2.75) is 6.61 Å². The van der Waals surface area contributed by atoms with E-state index in [9.17, 15) is 27.9 Å². The predicted octanol–water partition coefficient (Wildman–Crippen LogP) is 0.972. The summed E-state index contributed by atoms with van der Waals surface area (Å²) in [4.78, 5) is 24.1. The van der Waals surface area contributed by atoms with Gasteiger partial charge in [-0.05, 0) is 12.1 Å². The number of aromatic nitrogens is 2. The maximum atomic E-state index is 13.3. The van der Waals surface area contributed by atoms with Crippen LogP contribution in [-0.4, -0.2) is 21.3 Å². The van der Waals surface area contributed by atoms with Crippen molar-refractivity contribution >= 4 is 0 Å². The van der Waals surface area contributed by atoms with Gasteiger partial charge in [-0.1, -0.05) is 12.1 Å². The molecule has 0 radical (unpaired) electrons. The van der Waals surface area contributed by atoms with Crippen molar-refractivity contribution in [2.24, 2.45) is 0 Å². The molecule has 0 atom stereocenters. The molecule has 1 aromatic carbocycles. The molecule has 2 rings (SSSR count). The van der Waals surface area contributed by atoms with E-state index in [2.05, 4.69) is 4.74 Å². The van der Waals surface area contributed by atoms with Gasteiger partial charge in [0.05, 0.1) is 5.69 Å². The number of para-hydroxylation sites is 2. The fourth-order valence-corrected chi connectivity index (χ4v) is 1.56. The Labute approximate surface area is 108 Å². The van der Waals surface area contributed by atoms with Crippen LogP contribution in [0.3, 0.4) is 0 Å². The lowest BCUT2D eigenvalue weighted by molar-refractivity contribution is -0.0499. The summed E-state index contributed by atoms with van der Waals surface area (Å²) in [5.74, 6) is -3.38. The summed E-state index contributed by atoms with van der Waals surface area (Å²) in [6, 6.07) is 4.92. The Kier molecular flexibility index (Phi) is 3.51. The average Bonchev–Trinajstić information content (AvgIpc) is 2.37. The van der Waals surface area contributed by atoms with Gasteiger partial charge in [-0.3, -0.25) is 9.78 Å². The number of aromatic amines is 1. The summed E-state index contributed by atoms with van der Waals surface area (Å²) >= 11 is 0. The minimum Gasteiger partial charge on any atom is -0.492 e. The molecule has 0 fully saturated rings. The van der Waals surface area contributed by atoms with Gasteiger partial charge in [0, 0.05) is 0 Å². The van der Waals surface area contributed by atoms with Gasteiger partial charge in [-0.15, -0.1) is 0 Å². The number of ether oxygens (including phenoxy) is 1. The van der Waals surface area contributed by atoms with Gasteiger partial charge in [-0.2, -0.15) is 13.2 Å². The predicted molar refractivity (Wildman–Crippen MR) is 60.9 cm³/mol. The van der Waals surface area contributed by atoms with Crippen molar-refractivity contribution in [1.82, 2.24) is 9.55 Å². The van der Waals surface area contributed by atoms with E-state index in [1.54, 1.807) is 4.98 Å². The second kappa shape index (κ2) is 5.11. The normalized spacial score (nSPS) is 10.8. The first-order valence-corrected chi connectivity index (χ1v) is 5.20. The minimum atomic E-state index is -3.18. The zero-order valence-corrected chi connectivity index (χ0v) is 9.64. The summed E-state index contributed by atoms with van der Waals surface area (Å²) < 4.78 is 42.3. The highest BCUT2D eigenvalue weighted by atomic mass is 19.3. The van der Waals surface area contributed by atoms with Crippen molar-refractivity contribution in [3.8, 4) is 17.3 Å². The first-order valence-electron chi connectivity index (χ1n) is 5.20. The third-order valence-corrected chi connectivity index (χ3v) is 2.35. The molecule has 0 amide bonds. The van der Waals surface area contributed by atoms with Crippen LogP contribution in [0.15, 0.2) is 33.9 Å². The van der Waals surface area contributed by atoms with E-state index in [0.717, 1.165) is 12.1 Å². The largest absolute Gasteiger partial charge is 0.492 e. The fourth-order valence-electron chi connectivity index (χ4n) is 1.56. The summed E-state index contributed by atoms with van der Waals surface area (Å²) in [6.45, 7) is -3.18. The van der Waals surface area contributed by atoms with Crippen molar-refractivity contribution < 1.29 is 23.0 Å². The lowest BCUT2D eigenvalue weighted by Gasteiger charge is -2.13. The minimum absolute atomic E-state index is 0.314. The van der Waals surface area contributed by atoms with Crippen molar-refractivity contribution in [2.75, 3.05) is 0 Å². The molecular formula is C11H7F3N2O4. The highest BCUT2D eigenvalue weighted by Gasteiger charge is 2.19. The summed E-state index contributed by atoms with van der Waals surface area (Å²) in [5, 5.41) is 9.50. The number of halogens is 3. The number of nitrogens with one attached hydrogen (secondary N) is 1. The van der Waals surface area contributed by atoms with Crippen LogP contribution in [0.25, 0.3) is 5.69 Å². The van der Waals surface area contributed by atoms with Gasteiger partial charge < -0.3 is 9.84 Å². The number of aromatic hydroxyl groups is 1. The van der Waals surface area contributed by atoms with Gasteiger partial charge >= 0.3 is 12.3 Å². The van der Waals surface area contributed by atoms with E-state index in [1.807, 2.05) is 0 Å². The van der Waals surface area contributed by atoms with E-state index in [-0.39, 0.29) is 5.69 Å². The molecule has 0 aliphatic carbocycles. The Bertz CT molecular complexity index is 754. The first-order chi connectivity index (χ1) is 9.41. The molecule has 0 aliphatic rings. The highest BCUT2D eigenvalue weighted by molar-refractivity contribution is 5.48. The fraction of sp³-hybridized carbons (Fsp3) is 0.0909. The Morgan fingerprint density at radius 1 is 1.25 bits per heavy atom. The van der Waals surface area contributed by atoms with Crippen LogP contribution in [0, 0.1) is 5.82 Å². The molecular weight excluding hydrogens is 281 g/mol. The second-order valence-corrected chi connectivity index (χ2v) is 3.58. The SMILES string of the molecule is O=c1[nH]c(=O)n(-c2ccccc2OC(F)F)c(O)c1F. The van der Waals surface area contributed by atoms with Crippen LogP contribution in [0.4, 0.5) is 13.2 Å². The lowest BCUT2D eigenvalue weighted by Crippen LogP contribution is -2.31. The smallest absolute Gasteiger partial charge is 0.387 e. The van der Waals surface area contributed by atoms with Gasteiger partial charge in [0.1, 0.15) is 5.75 Å². The molecule has 9 heteroatoms. The molecule has 6 nitrogen and oxygen atoms in total. The van der Waals surface area contributed by atoms with Crippen molar-refractivity contribution in [1.29, 1.82) is 0 Å². The Hall–Kier alpha value is -2.71. The average molecular weight is 288 g/mol. The molecule has 2 N–H and O–H groups in total. The zero-order chi connectivity index (χ0) is 14.9. The summed E-state index contributed by atoms with van der Waals surface area (Å²) in [5.41, 5.74) is -2.96. The van der Waals surface area contributed by atoms with Crippen LogP contribution in [0.2, 0.25) is 0 Å². The molecule has 0 aliphatic heterocycles. The molecule has 0 bridgehead atoms. The maximum absolute atomic E-state index is 13.3. The summed E-state index contributed by atoms with van der Waals surface area (Å²) in [7, 11) is 0. The van der Waals surface area contributed by atoms with Crippen molar-refractivity contribution in [3.05, 3.63) is 50.9 Å². The second-order valence-electron chi connectivity index (χ2n) is 3.58. The number of benzene rings is 1. The number of H-pyrrole nitrogens is 1. The molecule has 1 heterocycles. The van der Waals surface area contributed by atoms with Crippen LogP contribution >= 0.6 is 0 Å². The first kappa shape index (κ1) is 13.7. The van der Waals surface area contributed by atoms with Crippen LogP contribution < -0.4 is 16.0 Å². The molecule has 0 saturated carbocycles. The van der Waals surface area contributed by atoms with E-state index < -0.39 is 35.3 Å². The number of nitrogens with zero attached hydrogens (tertiary/aromatic N) is 1. The van der Waals surface area contributed by atoms with Gasteiger partial charge in [-0.25, -0.2) is 9.36 Å². The number of hydrogen-bond donors (Lipinski definition) is 2. The molecule has 20 heavy (non-hydrogen) atoms. The van der Waals surface area contributed by atoms with Crippen LogP contribution in [-0.2, 0) is 0 Å². The van der Waals surface area contributed by atoms with E-state index >= 15 is 0 Å². The lowest BCUT2D eigenvalue weighted by atomic mass is 10.3. The number of alkyl halides is 2. The third-order valence-electron chi connectivity index (χ3n) is 2.35. The number of rotatable bonds is 3.